The molecule has 0 bridgehead atoms. The minimum Gasteiger partial charge on any atom is -0.493 e. The van der Waals surface area contributed by atoms with Crippen LogP contribution in [0.1, 0.15) is 34.6 Å². The van der Waals surface area contributed by atoms with Crippen molar-refractivity contribution in [2.24, 2.45) is 0 Å². The van der Waals surface area contributed by atoms with Crippen LogP contribution in [0.15, 0.2) is 72.8 Å². The number of nitrogens with one attached hydrogen (secondary N) is 1. The van der Waals surface area contributed by atoms with Gasteiger partial charge in [0.25, 0.3) is 5.91 Å². The number of halogens is 1. The summed E-state index contributed by atoms with van der Waals surface area (Å²) in [5, 5.41) is 2.80. The van der Waals surface area contributed by atoms with Gasteiger partial charge in [0.1, 0.15) is 17.4 Å². The number of ether oxygens (including phenoxy) is 1. The molecule has 0 atom stereocenters. The number of aryl methyl sites for hydroxylation is 3. The van der Waals surface area contributed by atoms with E-state index in [-0.39, 0.29) is 5.56 Å². The van der Waals surface area contributed by atoms with E-state index in [0.29, 0.717) is 26.0 Å². The monoisotopic (exact) mass is 445 g/mol. The average Bonchev–Trinajstić information content (AvgIpc) is 3.18. The Bertz CT molecular complexity index is 1240. The molecule has 0 saturated carbocycles. The SMILES string of the molecule is Cc1ccccc1OCCCn1c(CCCNC(=O)c2ccccc2F)nc2ccccc21. The molecule has 1 aromatic heterocycles. The Morgan fingerprint density at radius 2 is 1.76 bits per heavy atom. The number of hydrogen-bond acceptors (Lipinski definition) is 3. The Morgan fingerprint density at radius 3 is 2.61 bits per heavy atom. The number of carbonyl (C=O) groups excluding carboxylic acids is 1. The molecule has 3 aromatic carbocycles. The first-order valence-electron chi connectivity index (χ1n) is 11.3. The fourth-order valence-corrected chi connectivity index (χ4v) is 3.88. The summed E-state index contributed by atoms with van der Waals surface area (Å²) in [7, 11) is 0. The summed E-state index contributed by atoms with van der Waals surface area (Å²) in [6.07, 6.45) is 2.28. The second-order valence-electron chi connectivity index (χ2n) is 7.98. The normalized spacial score (nSPS) is 11.0. The summed E-state index contributed by atoms with van der Waals surface area (Å²) in [6.45, 7) is 3.91. The standard InChI is InChI=1S/C27H28FN3O2/c1-20-10-2-7-15-25(20)33-19-9-18-31-24-14-6-5-13-23(24)30-26(31)16-8-17-29-27(32)21-11-3-4-12-22(21)28/h2-7,10-15H,8-9,16-19H2,1H3,(H,29,32). The van der Waals surface area contributed by atoms with Gasteiger partial charge in [0.2, 0.25) is 0 Å². The van der Waals surface area contributed by atoms with Gasteiger partial charge in [-0.1, -0.05) is 42.5 Å². The lowest BCUT2D eigenvalue weighted by molar-refractivity contribution is 0.0949. The molecule has 4 rings (SSSR count). The van der Waals surface area contributed by atoms with Crippen molar-refractivity contribution in [2.75, 3.05) is 13.2 Å². The molecule has 4 aromatic rings. The highest BCUT2D eigenvalue weighted by atomic mass is 19.1. The molecule has 0 saturated heterocycles. The molecule has 1 heterocycles. The van der Waals surface area contributed by atoms with Crippen LogP contribution in [0.4, 0.5) is 4.39 Å². The Kier molecular flexibility index (Phi) is 7.35. The Labute approximate surface area is 193 Å². The second-order valence-corrected chi connectivity index (χ2v) is 7.98. The van der Waals surface area contributed by atoms with Crippen LogP contribution in [0.25, 0.3) is 11.0 Å². The van der Waals surface area contributed by atoms with Gasteiger partial charge >= 0.3 is 0 Å². The number of fused-ring (bicyclic) bond motifs is 1. The van der Waals surface area contributed by atoms with E-state index in [0.717, 1.165) is 41.1 Å². The third-order valence-corrected chi connectivity index (χ3v) is 5.59. The summed E-state index contributed by atoms with van der Waals surface area (Å²) in [5.74, 6) is 0.991. The zero-order chi connectivity index (χ0) is 23.0. The summed E-state index contributed by atoms with van der Waals surface area (Å²) < 4.78 is 22.0. The van der Waals surface area contributed by atoms with Gasteiger partial charge in [0.15, 0.2) is 0 Å². The molecule has 0 aliphatic heterocycles. The van der Waals surface area contributed by atoms with Crippen LogP contribution >= 0.6 is 0 Å². The van der Waals surface area contributed by atoms with E-state index < -0.39 is 11.7 Å². The van der Waals surface area contributed by atoms with Gasteiger partial charge in [-0.2, -0.15) is 0 Å². The first-order chi connectivity index (χ1) is 16.1. The van der Waals surface area contributed by atoms with E-state index in [1.807, 2.05) is 49.4 Å². The molecule has 5 nitrogen and oxygen atoms in total. The molecule has 6 heteroatoms. The predicted octanol–water partition coefficient (Wildman–Crippen LogP) is 5.32. The molecule has 0 fully saturated rings. The van der Waals surface area contributed by atoms with Crippen molar-refractivity contribution in [1.82, 2.24) is 14.9 Å². The maximum Gasteiger partial charge on any atom is 0.254 e. The highest BCUT2D eigenvalue weighted by molar-refractivity contribution is 5.94. The molecule has 0 aliphatic rings. The van der Waals surface area contributed by atoms with E-state index in [1.165, 1.54) is 12.1 Å². The second kappa shape index (κ2) is 10.8. The quantitative estimate of drug-likeness (QED) is 0.336. The van der Waals surface area contributed by atoms with E-state index in [1.54, 1.807) is 12.1 Å². The maximum absolute atomic E-state index is 13.8. The van der Waals surface area contributed by atoms with E-state index in [2.05, 4.69) is 16.0 Å². The molecule has 1 N–H and O–H groups in total. The van der Waals surface area contributed by atoms with Crippen LogP contribution in [0.5, 0.6) is 5.75 Å². The van der Waals surface area contributed by atoms with Crippen molar-refractivity contribution in [3.63, 3.8) is 0 Å². The van der Waals surface area contributed by atoms with Crippen LogP contribution in [0.3, 0.4) is 0 Å². The molecule has 0 spiro atoms. The van der Waals surface area contributed by atoms with Crippen LogP contribution in [0.2, 0.25) is 0 Å². The highest BCUT2D eigenvalue weighted by Gasteiger charge is 2.12. The van der Waals surface area contributed by atoms with Gasteiger partial charge in [0, 0.05) is 19.5 Å². The van der Waals surface area contributed by atoms with Crippen molar-refractivity contribution in [1.29, 1.82) is 0 Å². The first-order valence-corrected chi connectivity index (χ1v) is 11.3. The van der Waals surface area contributed by atoms with Gasteiger partial charge < -0.3 is 14.6 Å². The maximum atomic E-state index is 13.8. The van der Waals surface area contributed by atoms with E-state index in [9.17, 15) is 9.18 Å². The molecular weight excluding hydrogens is 417 g/mol. The number of amides is 1. The number of hydrogen-bond donors (Lipinski definition) is 1. The summed E-state index contributed by atoms with van der Waals surface area (Å²) in [4.78, 5) is 17.0. The lowest BCUT2D eigenvalue weighted by Crippen LogP contribution is -2.25. The fourth-order valence-electron chi connectivity index (χ4n) is 3.88. The molecule has 0 unspecified atom stereocenters. The summed E-state index contributed by atoms with van der Waals surface area (Å²) in [5.41, 5.74) is 3.25. The molecule has 1 amide bonds. The number of imidazole rings is 1. The Balaban J connectivity index is 1.34. The van der Waals surface area contributed by atoms with Crippen LogP contribution in [0, 0.1) is 12.7 Å². The zero-order valence-corrected chi connectivity index (χ0v) is 18.8. The molecule has 170 valence electrons. The van der Waals surface area contributed by atoms with Gasteiger partial charge in [-0.15, -0.1) is 0 Å². The first kappa shape index (κ1) is 22.5. The smallest absolute Gasteiger partial charge is 0.254 e. The third kappa shape index (κ3) is 5.58. The van der Waals surface area contributed by atoms with Crippen LogP contribution in [-0.2, 0) is 13.0 Å². The van der Waals surface area contributed by atoms with E-state index in [4.69, 9.17) is 9.72 Å². The Morgan fingerprint density at radius 1 is 1.00 bits per heavy atom. The predicted molar refractivity (Wildman–Crippen MR) is 128 cm³/mol. The van der Waals surface area contributed by atoms with Crippen molar-refractivity contribution >= 4 is 16.9 Å². The van der Waals surface area contributed by atoms with Crippen LogP contribution in [-0.4, -0.2) is 28.6 Å². The zero-order valence-electron chi connectivity index (χ0n) is 18.8. The topological polar surface area (TPSA) is 56.1 Å². The van der Waals surface area contributed by atoms with Gasteiger partial charge in [-0.05, 0) is 55.7 Å². The van der Waals surface area contributed by atoms with E-state index >= 15 is 0 Å². The Hall–Kier alpha value is -3.67. The lowest BCUT2D eigenvalue weighted by atomic mass is 10.2. The number of para-hydroxylation sites is 3. The minimum absolute atomic E-state index is 0.0680. The number of rotatable bonds is 10. The third-order valence-electron chi connectivity index (χ3n) is 5.59. The molecule has 0 aliphatic carbocycles. The molecule has 33 heavy (non-hydrogen) atoms. The number of benzene rings is 3. The summed E-state index contributed by atoms with van der Waals surface area (Å²) in [6, 6.07) is 22.1. The van der Waals surface area contributed by atoms with Crippen molar-refractivity contribution in [2.45, 2.75) is 32.7 Å². The van der Waals surface area contributed by atoms with Gasteiger partial charge in [-0.3, -0.25) is 4.79 Å². The lowest BCUT2D eigenvalue weighted by Gasteiger charge is -2.12. The molecule has 0 radical (unpaired) electrons. The minimum atomic E-state index is -0.510. The van der Waals surface area contributed by atoms with Crippen molar-refractivity contribution in [3.05, 3.63) is 95.6 Å². The number of aromatic nitrogens is 2. The molecular formula is C27H28FN3O2. The average molecular weight is 446 g/mol. The van der Waals surface area contributed by atoms with Gasteiger partial charge in [0.05, 0.1) is 23.2 Å². The number of carbonyl (C=O) groups is 1. The van der Waals surface area contributed by atoms with Crippen LogP contribution < -0.4 is 10.1 Å². The largest absolute Gasteiger partial charge is 0.493 e. The number of nitrogens with zero attached hydrogens (tertiary/aromatic N) is 2. The summed E-state index contributed by atoms with van der Waals surface area (Å²) >= 11 is 0. The highest BCUT2D eigenvalue weighted by Crippen LogP contribution is 2.19. The van der Waals surface area contributed by atoms with Crippen molar-refractivity contribution in [3.8, 4) is 5.75 Å². The van der Waals surface area contributed by atoms with Gasteiger partial charge in [-0.25, -0.2) is 9.37 Å². The van der Waals surface area contributed by atoms with Crippen molar-refractivity contribution < 1.29 is 13.9 Å². The fraction of sp³-hybridized carbons (Fsp3) is 0.259.